The third-order valence-corrected chi connectivity index (χ3v) is 5.06. The zero-order chi connectivity index (χ0) is 18.5. The second kappa shape index (κ2) is 8.15. The fourth-order valence-electron chi connectivity index (χ4n) is 3.61. The Morgan fingerprint density at radius 1 is 1.00 bits per heavy atom. The van der Waals surface area contributed by atoms with Crippen LogP contribution < -0.4 is 0 Å². The molecule has 5 nitrogen and oxygen atoms in total. The SMILES string of the molecule is C[C@H]1[C@H](CC(=O)O)N(C(=O)c2ccccc2)CCN1Cc1ccccc1. The fraction of sp³-hybridized carbons (Fsp3) is 0.333. The van der Waals surface area contributed by atoms with E-state index in [0.717, 1.165) is 13.1 Å². The van der Waals surface area contributed by atoms with Gasteiger partial charge in [0.15, 0.2) is 0 Å². The van der Waals surface area contributed by atoms with E-state index in [0.29, 0.717) is 12.1 Å². The van der Waals surface area contributed by atoms with E-state index in [1.54, 1.807) is 17.0 Å². The Bertz CT molecular complexity index is 748. The second-order valence-electron chi connectivity index (χ2n) is 6.73. The van der Waals surface area contributed by atoms with Gasteiger partial charge in [-0.2, -0.15) is 0 Å². The molecule has 1 aliphatic rings. The monoisotopic (exact) mass is 352 g/mol. The zero-order valence-corrected chi connectivity index (χ0v) is 14.9. The van der Waals surface area contributed by atoms with Crippen molar-refractivity contribution in [1.29, 1.82) is 0 Å². The van der Waals surface area contributed by atoms with Gasteiger partial charge >= 0.3 is 5.97 Å². The number of amides is 1. The average molecular weight is 352 g/mol. The highest BCUT2D eigenvalue weighted by molar-refractivity contribution is 5.94. The molecule has 0 radical (unpaired) electrons. The summed E-state index contributed by atoms with van der Waals surface area (Å²) in [5.74, 6) is -0.975. The summed E-state index contributed by atoms with van der Waals surface area (Å²) in [6.45, 7) is 4.03. The molecule has 0 bridgehead atoms. The molecular weight excluding hydrogens is 328 g/mol. The van der Waals surface area contributed by atoms with Gasteiger partial charge in [0.05, 0.1) is 12.5 Å². The number of carbonyl (C=O) groups is 2. The molecule has 1 fully saturated rings. The predicted molar refractivity (Wildman–Crippen MR) is 99.8 cm³/mol. The summed E-state index contributed by atoms with van der Waals surface area (Å²) in [5, 5.41) is 9.37. The Morgan fingerprint density at radius 3 is 2.23 bits per heavy atom. The first-order chi connectivity index (χ1) is 12.6. The van der Waals surface area contributed by atoms with Gasteiger partial charge in [0.2, 0.25) is 0 Å². The van der Waals surface area contributed by atoms with Crippen LogP contribution in [0.3, 0.4) is 0 Å². The molecule has 2 aromatic carbocycles. The van der Waals surface area contributed by atoms with Crippen LogP contribution in [0.1, 0.15) is 29.3 Å². The van der Waals surface area contributed by atoms with Gasteiger partial charge in [-0.3, -0.25) is 14.5 Å². The van der Waals surface area contributed by atoms with Gasteiger partial charge in [-0.05, 0) is 24.6 Å². The molecule has 1 aliphatic heterocycles. The molecule has 3 rings (SSSR count). The van der Waals surface area contributed by atoms with Crippen molar-refractivity contribution in [1.82, 2.24) is 9.80 Å². The fourth-order valence-corrected chi connectivity index (χ4v) is 3.61. The van der Waals surface area contributed by atoms with Crippen LogP contribution in [0.2, 0.25) is 0 Å². The minimum absolute atomic E-state index is 0.0345. The van der Waals surface area contributed by atoms with Gasteiger partial charge in [-0.15, -0.1) is 0 Å². The van der Waals surface area contributed by atoms with Gasteiger partial charge in [0.25, 0.3) is 5.91 Å². The van der Waals surface area contributed by atoms with Crippen LogP contribution in [-0.4, -0.2) is 52.0 Å². The Labute approximate surface area is 153 Å². The standard InChI is InChI=1S/C21H24N2O3/c1-16-19(14-20(24)25)23(21(26)18-10-6-3-7-11-18)13-12-22(16)15-17-8-4-2-5-9-17/h2-11,16,19H,12-15H2,1H3,(H,24,25)/t16-,19-/m0/s1. The van der Waals surface area contributed by atoms with E-state index >= 15 is 0 Å². The van der Waals surface area contributed by atoms with E-state index in [1.807, 2.05) is 43.3 Å². The number of hydrogen-bond donors (Lipinski definition) is 1. The second-order valence-corrected chi connectivity index (χ2v) is 6.73. The van der Waals surface area contributed by atoms with E-state index < -0.39 is 5.97 Å². The topological polar surface area (TPSA) is 60.9 Å². The van der Waals surface area contributed by atoms with Crippen molar-refractivity contribution >= 4 is 11.9 Å². The lowest BCUT2D eigenvalue weighted by molar-refractivity contribution is -0.139. The Balaban J connectivity index is 1.79. The van der Waals surface area contributed by atoms with E-state index in [4.69, 9.17) is 0 Å². The molecule has 0 spiro atoms. The van der Waals surface area contributed by atoms with E-state index in [9.17, 15) is 14.7 Å². The van der Waals surface area contributed by atoms with E-state index in [2.05, 4.69) is 17.0 Å². The number of carbonyl (C=O) groups excluding carboxylic acids is 1. The number of benzene rings is 2. The van der Waals surface area contributed by atoms with Gasteiger partial charge < -0.3 is 10.0 Å². The van der Waals surface area contributed by atoms with Crippen LogP contribution in [0.25, 0.3) is 0 Å². The zero-order valence-electron chi connectivity index (χ0n) is 14.9. The third-order valence-electron chi connectivity index (χ3n) is 5.06. The lowest BCUT2D eigenvalue weighted by atomic mass is 9.97. The van der Waals surface area contributed by atoms with Crippen molar-refractivity contribution in [2.45, 2.75) is 32.0 Å². The smallest absolute Gasteiger partial charge is 0.305 e. The molecule has 2 atom stereocenters. The quantitative estimate of drug-likeness (QED) is 0.899. The minimum atomic E-state index is -0.880. The number of nitrogens with zero attached hydrogens (tertiary/aromatic N) is 2. The molecular formula is C21H24N2O3. The maximum absolute atomic E-state index is 12.9. The first-order valence-electron chi connectivity index (χ1n) is 8.92. The maximum Gasteiger partial charge on any atom is 0.305 e. The number of carboxylic acids is 1. The lowest BCUT2D eigenvalue weighted by Crippen LogP contribution is -2.60. The minimum Gasteiger partial charge on any atom is -0.481 e. The van der Waals surface area contributed by atoms with Crippen molar-refractivity contribution < 1.29 is 14.7 Å². The maximum atomic E-state index is 12.9. The first-order valence-corrected chi connectivity index (χ1v) is 8.92. The number of aliphatic carboxylic acids is 1. The number of piperazine rings is 1. The molecule has 0 aromatic heterocycles. The largest absolute Gasteiger partial charge is 0.481 e. The van der Waals surface area contributed by atoms with E-state index in [-0.39, 0.29) is 24.4 Å². The van der Waals surface area contributed by atoms with Gasteiger partial charge in [0, 0.05) is 31.2 Å². The normalized spacial score (nSPS) is 20.7. The van der Waals surface area contributed by atoms with Crippen LogP contribution in [-0.2, 0) is 11.3 Å². The predicted octanol–water partition coefficient (Wildman–Crippen LogP) is 2.88. The van der Waals surface area contributed by atoms with Crippen molar-refractivity contribution in [3.8, 4) is 0 Å². The van der Waals surface area contributed by atoms with E-state index in [1.165, 1.54) is 5.56 Å². The molecule has 5 heteroatoms. The van der Waals surface area contributed by atoms with Gasteiger partial charge in [0.1, 0.15) is 0 Å². The van der Waals surface area contributed by atoms with Crippen LogP contribution >= 0.6 is 0 Å². The summed E-state index contributed by atoms with van der Waals surface area (Å²) in [7, 11) is 0. The Morgan fingerprint density at radius 2 is 1.62 bits per heavy atom. The first kappa shape index (κ1) is 18.1. The lowest BCUT2D eigenvalue weighted by Gasteiger charge is -2.46. The van der Waals surface area contributed by atoms with Gasteiger partial charge in [-0.1, -0.05) is 48.5 Å². The summed E-state index contributed by atoms with van der Waals surface area (Å²) in [6.07, 6.45) is -0.0506. The molecule has 1 N–H and O–H groups in total. The number of rotatable bonds is 5. The molecule has 1 saturated heterocycles. The van der Waals surface area contributed by atoms with Crippen molar-refractivity contribution in [3.05, 3.63) is 71.8 Å². The molecule has 1 heterocycles. The molecule has 2 aromatic rings. The molecule has 26 heavy (non-hydrogen) atoms. The summed E-state index contributed by atoms with van der Waals surface area (Å²) < 4.78 is 0. The summed E-state index contributed by atoms with van der Waals surface area (Å²) in [6, 6.07) is 18.8. The van der Waals surface area contributed by atoms with Crippen LogP contribution in [0.15, 0.2) is 60.7 Å². The van der Waals surface area contributed by atoms with Crippen molar-refractivity contribution in [3.63, 3.8) is 0 Å². The number of carboxylic acid groups (broad SMARTS) is 1. The highest BCUT2D eigenvalue weighted by Gasteiger charge is 2.37. The van der Waals surface area contributed by atoms with Crippen LogP contribution in [0.5, 0.6) is 0 Å². The van der Waals surface area contributed by atoms with Crippen LogP contribution in [0.4, 0.5) is 0 Å². The number of hydrogen-bond acceptors (Lipinski definition) is 3. The molecule has 0 unspecified atom stereocenters. The average Bonchev–Trinajstić information content (AvgIpc) is 2.66. The van der Waals surface area contributed by atoms with Crippen molar-refractivity contribution in [2.24, 2.45) is 0 Å². The van der Waals surface area contributed by atoms with Crippen molar-refractivity contribution in [2.75, 3.05) is 13.1 Å². The van der Waals surface area contributed by atoms with Gasteiger partial charge in [-0.25, -0.2) is 0 Å². The molecule has 1 amide bonds. The molecule has 0 aliphatic carbocycles. The Kier molecular flexibility index (Phi) is 5.68. The van der Waals surface area contributed by atoms with Crippen LogP contribution in [0, 0.1) is 0 Å². The highest BCUT2D eigenvalue weighted by atomic mass is 16.4. The summed E-state index contributed by atoms with van der Waals surface area (Å²) in [4.78, 5) is 28.3. The summed E-state index contributed by atoms with van der Waals surface area (Å²) >= 11 is 0. The third kappa shape index (κ3) is 4.11. The molecule has 0 saturated carbocycles. The summed E-state index contributed by atoms with van der Waals surface area (Å²) in [5.41, 5.74) is 1.79. The highest BCUT2D eigenvalue weighted by Crippen LogP contribution is 2.24. The Hall–Kier alpha value is -2.66. The molecule has 136 valence electrons.